The molecule has 0 aliphatic carbocycles. The molecule has 1 amide bonds. The largest absolute Gasteiger partial charge is 0.338 e. The molecule has 1 aromatic heterocycles. The first-order valence-corrected chi connectivity index (χ1v) is 7.25. The first kappa shape index (κ1) is 13.2. The number of benzene rings is 1. The van der Waals surface area contributed by atoms with Gasteiger partial charge in [0.2, 0.25) is 11.8 Å². The van der Waals surface area contributed by atoms with Gasteiger partial charge in [0.1, 0.15) is 11.2 Å². The van der Waals surface area contributed by atoms with Crippen molar-refractivity contribution in [3.05, 3.63) is 46.9 Å². The molecular formula is C14H13FN2O2S. The quantitative estimate of drug-likeness (QED) is 0.852. The maximum atomic E-state index is 13.0. The van der Waals surface area contributed by atoms with E-state index in [9.17, 15) is 9.18 Å². The SMILES string of the molecule is Cc1noc(N2C(=O)CSC2c2ccc(F)cc2)c1C. The van der Waals surface area contributed by atoms with E-state index in [1.807, 2.05) is 13.8 Å². The molecule has 20 heavy (non-hydrogen) atoms. The van der Waals surface area contributed by atoms with E-state index in [0.717, 1.165) is 16.8 Å². The average molecular weight is 292 g/mol. The normalized spacial score (nSPS) is 18.9. The summed E-state index contributed by atoms with van der Waals surface area (Å²) in [6.45, 7) is 3.71. The predicted octanol–water partition coefficient (Wildman–Crippen LogP) is 3.21. The van der Waals surface area contributed by atoms with Gasteiger partial charge in [0.05, 0.1) is 11.4 Å². The highest BCUT2D eigenvalue weighted by molar-refractivity contribution is 8.00. The molecule has 1 fully saturated rings. The smallest absolute Gasteiger partial charge is 0.240 e. The summed E-state index contributed by atoms with van der Waals surface area (Å²) in [6.07, 6.45) is 0. The topological polar surface area (TPSA) is 46.3 Å². The number of amides is 1. The summed E-state index contributed by atoms with van der Waals surface area (Å²) in [5, 5.41) is 3.70. The Morgan fingerprint density at radius 3 is 2.65 bits per heavy atom. The van der Waals surface area contributed by atoms with Gasteiger partial charge in [-0.2, -0.15) is 0 Å². The van der Waals surface area contributed by atoms with Crippen LogP contribution in [0.15, 0.2) is 28.8 Å². The van der Waals surface area contributed by atoms with Crippen molar-refractivity contribution in [1.29, 1.82) is 0 Å². The van der Waals surface area contributed by atoms with Crippen molar-refractivity contribution in [2.45, 2.75) is 19.2 Å². The molecule has 0 saturated carbocycles. The Labute approximate surface area is 119 Å². The number of rotatable bonds is 2. The fourth-order valence-electron chi connectivity index (χ4n) is 2.15. The fourth-order valence-corrected chi connectivity index (χ4v) is 3.30. The molecule has 1 aliphatic rings. The Morgan fingerprint density at radius 2 is 2.05 bits per heavy atom. The Hall–Kier alpha value is -1.82. The third kappa shape index (κ3) is 2.10. The van der Waals surface area contributed by atoms with Gasteiger partial charge >= 0.3 is 0 Å². The van der Waals surface area contributed by atoms with Crippen LogP contribution in [-0.4, -0.2) is 16.8 Å². The standard InChI is InChI=1S/C14H13FN2O2S/c1-8-9(2)16-19-13(8)17-12(18)7-20-14(17)10-3-5-11(15)6-4-10/h3-6,14H,7H2,1-2H3. The predicted molar refractivity (Wildman–Crippen MR) is 75.1 cm³/mol. The van der Waals surface area contributed by atoms with E-state index in [-0.39, 0.29) is 17.1 Å². The molecule has 1 aromatic carbocycles. The summed E-state index contributed by atoms with van der Waals surface area (Å²) < 4.78 is 18.3. The van der Waals surface area contributed by atoms with E-state index < -0.39 is 0 Å². The molecule has 0 radical (unpaired) electrons. The molecule has 1 unspecified atom stereocenters. The van der Waals surface area contributed by atoms with Crippen molar-refractivity contribution in [3.8, 4) is 0 Å². The van der Waals surface area contributed by atoms with Crippen molar-refractivity contribution >= 4 is 23.6 Å². The number of carbonyl (C=O) groups excluding carboxylic acids is 1. The lowest BCUT2D eigenvalue weighted by atomic mass is 10.2. The third-order valence-electron chi connectivity index (χ3n) is 3.37. The number of aryl methyl sites for hydroxylation is 1. The molecule has 4 nitrogen and oxygen atoms in total. The van der Waals surface area contributed by atoms with Crippen LogP contribution in [0.4, 0.5) is 10.3 Å². The zero-order chi connectivity index (χ0) is 14.3. The van der Waals surface area contributed by atoms with Crippen molar-refractivity contribution < 1.29 is 13.7 Å². The molecular weight excluding hydrogens is 279 g/mol. The number of hydrogen-bond donors (Lipinski definition) is 0. The number of carbonyl (C=O) groups is 1. The highest BCUT2D eigenvalue weighted by Gasteiger charge is 2.37. The Morgan fingerprint density at radius 1 is 1.35 bits per heavy atom. The van der Waals surface area contributed by atoms with Crippen LogP contribution in [-0.2, 0) is 4.79 Å². The molecule has 2 aromatic rings. The van der Waals surface area contributed by atoms with Gasteiger partial charge in [-0.15, -0.1) is 11.8 Å². The average Bonchev–Trinajstić information content (AvgIpc) is 2.96. The minimum Gasteiger partial charge on any atom is -0.338 e. The van der Waals surface area contributed by atoms with E-state index in [1.165, 1.54) is 23.9 Å². The van der Waals surface area contributed by atoms with Crippen LogP contribution in [0.1, 0.15) is 22.2 Å². The minimum absolute atomic E-state index is 0.0245. The first-order chi connectivity index (χ1) is 9.58. The van der Waals surface area contributed by atoms with Gasteiger partial charge in [-0.05, 0) is 31.5 Å². The number of thioether (sulfide) groups is 1. The second kappa shape index (κ2) is 4.94. The molecule has 1 aliphatic heterocycles. The number of anilines is 1. The number of aromatic nitrogens is 1. The first-order valence-electron chi connectivity index (χ1n) is 6.20. The monoisotopic (exact) mass is 292 g/mol. The van der Waals surface area contributed by atoms with Gasteiger partial charge in [-0.1, -0.05) is 17.3 Å². The van der Waals surface area contributed by atoms with Crippen LogP contribution in [0.3, 0.4) is 0 Å². The Bertz CT molecular complexity index is 654. The van der Waals surface area contributed by atoms with Gasteiger partial charge in [0.25, 0.3) is 0 Å². The summed E-state index contributed by atoms with van der Waals surface area (Å²) >= 11 is 1.50. The molecule has 0 spiro atoms. The molecule has 6 heteroatoms. The lowest BCUT2D eigenvalue weighted by molar-refractivity contribution is -0.116. The molecule has 104 valence electrons. The maximum absolute atomic E-state index is 13.0. The van der Waals surface area contributed by atoms with Crippen LogP contribution >= 0.6 is 11.8 Å². The Balaban J connectivity index is 2.01. The van der Waals surface area contributed by atoms with Crippen LogP contribution < -0.4 is 4.90 Å². The lowest BCUT2D eigenvalue weighted by Gasteiger charge is -2.21. The highest BCUT2D eigenvalue weighted by atomic mass is 32.2. The van der Waals surface area contributed by atoms with Crippen molar-refractivity contribution in [2.24, 2.45) is 0 Å². The fraction of sp³-hybridized carbons (Fsp3) is 0.286. The van der Waals surface area contributed by atoms with E-state index in [1.54, 1.807) is 17.0 Å². The molecule has 1 saturated heterocycles. The third-order valence-corrected chi connectivity index (χ3v) is 4.59. The summed E-state index contributed by atoms with van der Waals surface area (Å²) in [5.74, 6) is 0.540. The van der Waals surface area contributed by atoms with E-state index in [2.05, 4.69) is 5.16 Å². The van der Waals surface area contributed by atoms with Crippen molar-refractivity contribution in [2.75, 3.05) is 10.7 Å². The molecule has 2 heterocycles. The molecule has 0 bridgehead atoms. The lowest BCUT2D eigenvalue weighted by Crippen LogP contribution is -2.28. The summed E-state index contributed by atoms with van der Waals surface area (Å²) in [4.78, 5) is 13.7. The van der Waals surface area contributed by atoms with E-state index in [0.29, 0.717) is 11.6 Å². The van der Waals surface area contributed by atoms with Gasteiger partial charge in [0.15, 0.2) is 0 Å². The second-order valence-corrected chi connectivity index (χ2v) is 5.75. The zero-order valence-corrected chi connectivity index (χ0v) is 11.9. The van der Waals surface area contributed by atoms with Gasteiger partial charge in [0, 0.05) is 5.56 Å². The summed E-state index contributed by atoms with van der Waals surface area (Å²) in [7, 11) is 0. The number of nitrogens with zero attached hydrogens (tertiary/aromatic N) is 2. The van der Waals surface area contributed by atoms with Crippen LogP contribution in [0.5, 0.6) is 0 Å². The van der Waals surface area contributed by atoms with E-state index in [4.69, 9.17) is 4.52 Å². The van der Waals surface area contributed by atoms with Crippen molar-refractivity contribution in [1.82, 2.24) is 5.16 Å². The summed E-state index contributed by atoms with van der Waals surface area (Å²) in [5.41, 5.74) is 2.49. The Kier molecular flexibility index (Phi) is 3.25. The van der Waals surface area contributed by atoms with Crippen LogP contribution in [0.2, 0.25) is 0 Å². The number of halogens is 1. The van der Waals surface area contributed by atoms with E-state index >= 15 is 0 Å². The summed E-state index contributed by atoms with van der Waals surface area (Å²) in [6, 6.07) is 6.18. The molecule has 3 rings (SSSR count). The maximum Gasteiger partial charge on any atom is 0.240 e. The molecule has 1 atom stereocenters. The minimum atomic E-state index is -0.290. The van der Waals surface area contributed by atoms with Crippen molar-refractivity contribution in [3.63, 3.8) is 0 Å². The van der Waals surface area contributed by atoms with Gasteiger partial charge < -0.3 is 4.52 Å². The van der Waals surface area contributed by atoms with Gasteiger partial charge in [-0.3, -0.25) is 9.69 Å². The van der Waals surface area contributed by atoms with Gasteiger partial charge in [-0.25, -0.2) is 4.39 Å². The zero-order valence-electron chi connectivity index (χ0n) is 11.1. The number of hydrogen-bond acceptors (Lipinski definition) is 4. The highest BCUT2D eigenvalue weighted by Crippen LogP contribution is 2.43. The second-order valence-electron chi connectivity index (χ2n) is 4.68. The van der Waals surface area contributed by atoms with Crippen LogP contribution in [0.25, 0.3) is 0 Å². The van der Waals surface area contributed by atoms with Crippen LogP contribution in [0, 0.1) is 19.7 Å². The molecule has 0 N–H and O–H groups in total.